The second-order valence-electron chi connectivity index (χ2n) is 7.34. The zero-order valence-corrected chi connectivity index (χ0v) is 17.2. The van der Waals surface area contributed by atoms with Crippen molar-refractivity contribution in [2.45, 2.75) is 53.1 Å². The van der Waals surface area contributed by atoms with Crippen LogP contribution in [0.5, 0.6) is 5.75 Å². The molecule has 1 heterocycles. The Morgan fingerprint density at radius 2 is 1.86 bits per heavy atom. The first-order valence-corrected chi connectivity index (χ1v) is 9.65. The van der Waals surface area contributed by atoms with Crippen LogP contribution in [0.2, 0.25) is 0 Å². The summed E-state index contributed by atoms with van der Waals surface area (Å²) < 4.78 is 10.9. The number of allylic oxidation sites excluding steroid dienone is 3. The Morgan fingerprint density at radius 1 is 1.11 bits per heavy atom. The fraction of sp³-hybridized carbons (Fsp3) is 0.375. The molecule has 0 bridgehead atoms. The molecule has 1 unspecified atom stereocenters. The molecule has 0 spiro atoms. The molecule has 2 rings (SSSR count). The van der Waals surface area contributed by atoms with Gasteiger partial charge < -0.3 is 14.3 Å². The Bertz CT molecular complexity index is 927. The zero-order valence-electron chi connectivity index (χ0n) is 17.2. The van der Waals surface area contributed by atoms with E-state index in [0.717, 1.165) is 23.8 Å². The van der Waals surface area contributed by atoms with Crippen LogP contribution in [0.3, 0.4) is 0 Å². The largest absolute Gasteiger partial charge is 0.489 e. The molecule has 4 heteroatoms. The third kappa shape index (κ3) is 7.20. The summed E-state index contributed by atoms with van der Waals surface area (Å²) in [6.45, 7) is 8.58. The number of ether oxygens (including phenoxy) is 1. The first-order valence-electron chi connectivity index (χ1n) is 9.65. The van der Waals surface area contributed by atoms with Crippen molar-refractivity contribution >= 4 is 11.0 Å². The zero-order chi connectivity index (χ0) is 20.5. The molecule has 1 aromatic carbocycles. The lowest BCUT2D eigenvalue weighted by atomic mass is 10.0. The molecule has 0 aliphatic rings. The van der Waals surface area contributed by atoms with E-state index < -0.39 is 6.10 Å². The van der Waals surface area contributed by atoms with E-state index in [2.05, 4.69) is 19.1 Å². The van der Waals surface area contributed by atoms with Crippen LogP contribution in [0.25, 0.3) is 11.0 Å². The number of aliphatic hydroxyl groups excluding tert-OH is 1. The number of benzene rings is 1. The molecule has 1 atom stereocenters. The lowest BCUT2D eigenvalue weighted by Crippen LogP contribution is -2.06. The van der Waals surface area contributed by atoms with E-state index in [1.807, 2.05) is 39.0 Å². The summed E-state index contributed by atoms with van der Waals surface area (Å²) in [5, 5.41) is 11.0. The van der Waals surface area contributed by atoms with Crippen molar-refractivity contribution in [2.75, 3.05) is 6.61 Å². The van der Waals surface area contributed by atoms with Crippen LogP contribution in [0.15, 0.2) is 74.5 Å². The highest BCUT2D eigenvalue weighted by Gasteiger charge is 2.04. The van der Waals surface area contributed by atoms with Crippen LogP contribution in [0.4, 0.5) is 0 Å². The summed E-state index contributed by atoms with van der Waals surface area (Å²) in [6.07, 6.45) is 8.28. The highest BCUT2D eigenvalue weighted by atomic mass is 16.5. The molecule has 0 saturated carbocycles. The summed E-state index contributed by atoms with van der Waals surface area (Å²) in [7, 11) is 0. The minimum Gasteiger partial charge on any atom is -0.489 e. The van der Waals surface area contributed by atoms with Crippen LogP contribution in [0.1, 0.15) is 47.0 Å². The fourth-order valence-electron chi connectivity index (χ4n) is 2.71. The Morgan fingerprint density at radius 3 is 2.61 bits per heavy atom. The van der Waals surface area contributed by atoms with Gasteiger partial charge in [0.2, 0.25) is 0 Å². The second-order valence-corrected chi connectivity index (χ2v) is 7.34. The lowest BCUT2D eigenvalue weighted by molar-refractivity contribution is 0.213. The molecule has 0 radical (unpaired) electrons. The van der Waals surface area contributed by atoms with Crippen molar-refractivity contribution in [3.05, 3.63) is 75.7 Å². The standard InChI is InChI=1S/C24H30O4/c1-17(2)8-12-22(25)19(4)7-5-6-18(3)14-15-27-21-11-9-20-10-13-24(26)28-23(20)16-21/h7-11,13-14,16,22,25H,5-6,12,15H2,1-4H3/b18-14+,19-7+. The van der Waals surface area contributed by atoms with Gasteiger partial charge in [-0.2, -0.15) is 0 Å². The average molecular weight is 383 g/mol. The summed E-state index contributed by atoms with van der Waals surface area (Å²) >= 11 is 0. The SMILES string of the molecule is CC(C)=CCC(O)/C(C)=C/CC/C(C)=C/COc1ccc2ccc(=O)oc2c1. The van der Waals surface area contributed by atoms with Gasteiger partial charge in [0.15, 0.2) is 0 Å². The molecule has 150 valence electrons. The van der Waals surface area contributed by atoms with E-state index in [9.17, 15) is 9.90 Å². The Labute approximate surface area is 166 Å². The van der Waals surface area contributed by atoms with Gasteiger partial charge >= 0.3 is 5.63 Å². The topological polar surface area (TPSA) is 59.7 Å². The van der Waals surface area contributed by atoms with Gasteiger partial charge in [0, 0.05) is 17.5 Å². The van der Waals surface area contributed by atoms with Gasteiger partial charge in [-0.25, -0.2) is 4.79 Å². The molecule has 0 aliphatic carbocycles. The number of hydrogen-bond donors (Lipinski definition) is 1. The molecular formula is C24H30O4. The molecule has 1 N–H and O–H groups in total. The summed E-state index contributed by atoms with van der Waals surface area (Å²) in [6, 6.07) is 8.62. The van der Waals surface area contributed by atoms with Gasteiger partial charge in [0.05, 0.1) is 6.10 Å². The van der Waals surface area contributed by atoms with Crippen molar-refractivity contribution < 1.29 is 14.3 Å². The third-order valence-electron chi connectivity index (χ3n) is 4.56. The molecule has 0 fully saturated rings. The quantitative estimate of drug-likeness (QED) is 0.455. The molecule has 2 aromatic rings. The molecule has 0 amide bonds. The van der Waals surface area contributed by atoms with Gasteiger partial charge in [-0.05, 0) is 76.8 Å². The van der Waals surface area contributed by atoms with E-state index in [4.69, 9.17) is 9.15 Å². The monoisotopic (exact) mass is 382 g/mol. The molecule has 4 nitrogen and oxygen atoms in total. The number of aliphatic hydroxyl groups is 1. The predicted octanol–water partition coefficient (Wildman–Crippen LogP) is 5.56. The Hall–Kier alpha value is -2.59. The van der Waals surface area contributed by atoms with E-state index in [-0.39, 0.29) is 5.63 Å². The Kier molecular flexibility index (Phi) is 8.27. The van der Waals surface area contributed by atoms with E-state index in [1.54, 1.807) is 12.1 Å². The fourth-order valence-corrected chi connectivity index (χ4v) is 2.71. The highest BCUT2D eigenvalue weighted by molar-refractivity contribution is 5.77. The van der Waals surface area contributed by atoms with Gasteiger partial charge in [0.25, 0.3) is 0 Å². The van der Waals surface area contributed by atoms with Gasteiger partial charge in [-0.1, -0.05) is 23.3 Å². The maximum Gasteiger partial charge on any atom is 0.336 e. The molecule has 0 aliphatic heterocycles. The Balaban J connectivity index is 1.82. The molecule has 1 aromatic heterocycles. The first kappa shape index (κ1) is 21.7. The van der Waals surface area contributed by atoms with Crippen LogP contribution in [0, 0.1) is 0 Å². The maximum atomic E-state index is 11.3. The van der Waals surface area contributed by atoms with E-state index in [1.165, 1.54) is 17.2 Å². The first-order chi connectivity index (χ1) is 13.3. The van der Waals surface area contributed by atoms with Crippen LogP contribution >= 0.6 is 0 Å². The van der Waals surface area contributed by atoms with Crippen molar-refractivity contribution in [2.24, 2.45) is 0 Å². The highest BCUT2D eigenvalue weighted by Crippen LogP contribution is 2.19. The number of hydrogen-bond acceptors (Lipinski definition) is 4. The van der Waals surface area contributed by atoms with Gasteiger partial charge in [-0.3, -0.25) is 0 Å². The normalized spacial score (nSPS) is 13.5. The lowest BCUT2D eigenvalue weighted by Gasteiger charge is -2.09. The number of rotatable bonds is 9. The summed E-state index contributed by atoms with van der Waals surface area (Å²) in [5.41, 5.74) is 3.63. The van der Waals surface area contributed by atoms with Gasteiger partial charge in [0.1, 0.15) is 17.9 Å². The predicted molar refractivity (Wildman–Crippen MR) is 115 cm³/mol. The van der Waals surface area contributed by atoms with E-state index in [0.29, 0.717) is 24.4 Å². The van der Waals surface area contributed by atoms with Gasteiger partial charge in [-0.15, -0.1) is 0 Å². The summed E-state index contributed by atoms with van der Waals surface area (Å²) in [4.78, 5) is 11.3. The van der Waals surface area contributed by atoms with E-state index >= 15 is 0 Å². The van der Waals surface area contributed by atoms with Crippen molar-refractivity contribution in [3.8, 4) is 5.75 Å². The van der Waals surface area contributed by atoms with Crippen LogP contribution in [-0.2, 0) is 0 Å². The second kappa shape index (κ2) is 10.7. The van der Waals surface area contributed by atoms with Crippen LogP contribution < -0.4 is 10.4 Å². The van der Waals surface area contributed by atoms with Crippen molar-refractivity contribution in [1.82, 2.24) is 0 Å². The van der Waals surface area contributed by atoms with Crippen molar-refractivity contribution in [1.29, 1.82) is 0 Å². The molecule has 28 heavy (non-hydrogen) atoms. The average Bonchev–Trinajstić information content (AvgIpc) is 2.65. The smallest absolute Gasteiger partial charge is 0.336 e. The molecule has 0 saturated heterocycles. The summed E-state index contributed by atoms with van der Waals surface area (Å²) in [5.74, 6) is 0.670. The maximum absolute atomic E-state index is 11.3. The van der Waals surface area contributed by atoms with Crippen molar-refractivity contribution in [3.63, 3.8) is 0 Å². The third-order valence-corrected chi connectivity index (χ3v) is 4.56. The molecular weight excluding hydrogens is 352 g/mol. The van der Waals surface area contributed by atoms with Crippen LogP contribution in [-0.4, -0.2) is 17.8 Å². The number of fused-ring (bicyclic) bond motifs is 1. The minimum atomic E-state index is -0.407. The minimum absolute atomic E-state index is 0.366.